The van der Waals surface area contributed by atoms with E-state index in [9.17, 15) is 4.79 Å². The lowest BCUT2D eigenvalue weighted by atomic mass is 9.93. The van der Waals surface area contributed by atoms with Gasteiger partial charge in [0.15, 0.2) is 0 Å². The summed E-state index contributed by atoms with van der Waals surface area (Å²) < 4.78 is 0.912. The summed E-state index contributed by atoms with van der Waals surface area (Å²) in [4.78, 5) is 16.8. The largest absolute Gasteiger partial charge is 0.284 e. The van der Waals surface area contributed by atoms with Crippen molar-refractivity contribution in [3.05, 3.63) is 35.9 Å². The summed E-state index contributed by atoms with van der Waals surface area (Å²) in [6.07, 6.45) is 2.82. The standard InChI is InChI=1S/C13H13NOS2/c1-12(9-6-4-3-5-7-9)8-13(12)10(15)17-11(14-13)16-2/h3-7H,8H2,1-2H3/t12-,13+/m1/s1. The van der Waals surface area contributed by atoms with Crippen molar-refractivity contribution >= 4 is 33.0 Å². The molecule has 1 spiro atoms. The van der Waals surface area contributed by atoms with Gasteiger partial charge in [-0.15, -0.1) is 11.8 Å². The molecule has 1 aromatic carbocycles. The molecule has 1 fully saturated rings. The van der Waals surface area contributed by atoms with E-state index in [4.69, 9.17) is 0 Å². The quantitative estimate of drug-likeness (QED) is 0.780. The van der Waals surface area contributed by atoms with Crippen LogP contribution in [0.15, 0.2) is 35.3 Å². The number of hydrogen-bond donors (Lipinski definition) is 0. The van der Waals surface area contributed by atoms with Gasteiger partial charge in [-0.25, -0.2) is 0 Å². The van der Waals surface area contributed by atoms with Gasteiger partial charge in [-0.05, 0) is 30.0 Å². The number of thioether (sulfide) groups is 2. The minimum absolute atomic E-state index is 0.101. The lowest BCUT2D eigenvalue weighted by Crippen LogP contribution is -2.24. The summed E-state index contributed by atoms with van der Waals surface area (Å²) >= 11 is 2.87. The van der Waals surface area contributed by atoms with Crippen LogP contribution in [0, 0.1) is 0 Å². The van der Waals surface area contributed by atoms with Crippen LogP contribution in [0.25, 0.3) is 0 Å². The lowest BCUT2D eigenvalue weighted by Gasteiger charge is -2.14. The molecule has 88 valence electrons. The van der Waals surface area contributed by atoms with Crippen molar-refractivity contribution in [2.24, 2.45) is 4.99 Å². The van der Waals surface area contributed by atoms with Crippen LogP contribution in [0.5, 0.6) is 0 Å². The number of benzene rings is 1. The molecule has 1 aliphatic heterocycles. The molecule has 1 aliphatic carbocycles. The maximum Gasteiger partial charge on any atom is 0.224 e. The second-order valence-corrected chi connectivity index (χ2v) is 6.72. The van der Waals surface area contributed by atoms with E-state index in [-0.39, 0.29) is 10.5 Å². The van der Waals surface area contributed by atoms with Gasteiger partial charge in [0.25, 0.3) is 0 Å². The highest BCUT2D eigenvalue weighted by Gasteiger charge is 2.72. The molecule has 0 unspecified atom stereocenters. The van der Waals surface area contributed by atoms with Crippen molar-refractivity contribution in [3.63, 3.8) is 0 Å². The molecular formula is C13H13NOS2. The van der Waals surface area contributed by atoms with Gasteiger partial charge < -0.3 is 0 Å². The predicted molar refractivity (Wildman–Crippen MR) is 74.7 cm³/mol. The SMILES string of the molecule is CSC1=N[C@@]2(C[C@]2(C)c2ccccc2)C(=O)S1. The number of carbonyl (C=O) groups is 1. The molecule has 17 heavy (non-hydrogen) atoms. The highest BCUT2D eigenvalue weighted by atomic mass is 32.2. The third kappa shape index (κ3) is 1.43. The number of nitrogens with zero attached hydrogens (tertiary/aromatic N) is 1. The van der Waals surface area contributed by atoms with Crippen LogP contribution in [-0.4, -0.2) is 21.3 Å². The topological polar surface area (TPSA) is 29.4 Å². The zero-order chi connectivity index (χ0) is 12.1. The summed E-state index contributed by atoms with van der Waals surface area (Å²) in [5.74, 6) is 0. The zero-order valence-electron chi connectivity index (χ0n) is 9.77. The van der Waals surface area contributed by atoms with Crippen LogP contribution in [0.4, 0.5) is 0 Å². The number of carbonyl (C=O) groups excluding carboxylic acids is 1. The minimum atomic E-state index is -0.475. The Hall–Kier alpha value is -0.740. The third-order valence-corrected chi connectivity index (χ3v) is 5.76. The highest BCUT2D eigenvalue weighted by molar-refractivity contribution is 8.45. The molecule has 0 radical (unpaired) electrons. The van der Waals surface area contributed by atoms with Crippen molar-refractivity contribution in [1.82, 2.24) is 0 Å². The van der Waals surface area contributed by atoms with Gasteiger partial charge in [-0.2, -0.15) is 0 Å². The van der Waals surface area contributed by atoms with Crippen LogP contribution in [-0.2, 0) is 10.2 Å². The molecule has 1 aromatic rings. The molecule has 1 saturated carbocycles. The van der Waals surface area contributed by atoms with Gasteiger partial charge in [0, 0.05) is 5.41 Å². The minimum Gasteiger partial charge on any atom is -0.284 e. The van der Waals surface area contributed by atoms with E-state index in [1.165, 1.54) is 17.3 Å². The Morgan fingerprint density at radius 2 is 2.06 bits per heavy atom. The first kappa shape index (κ1) is 11.4. The van der Waals surface area contributed by atoms with E-state index in [1.807, 2.05) is 24.5 Å². The molecule has 0 N–H and O–H groups in total. The molecule has 2 atom stereocenters. The first-order chi connectivity index (χ1) is 8.12. The van der Waals surface area contributed by atoms with Crippen molar-refractivity contribution in [2.75, 3.05) is 6.26 Å². The van der Waals surface area contributed by atoms with Gasteiger partial charge in [-0.1, -0.05) is 37.3 Å². The molecule has 1 heterocycles. The molecule has 0 aromatic heterocycles. The Balaban J connectivity index is 2.00. The van der Waals surface area contributed by atoms with Crippen molar-refractivity contribution in [2.45, 2.75) is 24.3 Å². The molecule has 0 amide bonds. The number of hydrogen-bond acceptors (Lipinski definition) is 4. The molecular weight excluding hydrogens is 250 g/mol. The summed E-state index contributed by atoms with van der Waals surface area (Å²) in [5.41, 5.74) is 0.646. The van der Waals surface area contributed by atoms with Crippen molar-refractivity contribution < 1.29 is 4.79 Å². The first-order valence-electron chi connectivity index (χ1n) is 5.54. The number of aliphatic imine (C=N–C) groups is 1. The van der Waals surface area contributed by atoms with E-state index in [2.05, 4.69) is 24.0 Å². The number of rotatable bonds is 1. The second kappa shape index (κ2) is 3.62. The maximum absolute atomic E-state index is 12.2. The highest BCUT2D eigenvalue weighted by Crippen LogP contribution is 2.64. The van der Waals surface area contributed by atoms with Gasteiger partial charge in [-0.3, -0.25) is 9.79 Å². The Bertz CT molecular complexity index is 513. The smallest absolute Gasteiger partial charge is 0.224 e. The van der Waals surface area contributed by atoms with Crippen LogP contribution < -0.4 is 0 Å². The molecule has 0 saturated heterocycles. The molecule has 2 aliphatic rings. The van der Waals surface area contributed by atoms with Gasteiger partial charge in [0.1, 0.15) is 9.91 Å². The summed E-state index contributed by atoms with van der Waals surface area (Å²) in [7, 11) is 0. The van der Waals surface area contributed by atoms with E-state index >= 15 is 0 Å². The average molecular weight is 263 g/mol. The molecule has 2 nitrogen and oxygen atoms in total. The fourth-order valence-electron chi connectivity index (χ4n) is 2.55. The van der Waals surface area contributed by atoms with E-state index in [0.717, 1.165) is 10.8 Å². The van der Waals surface area contributed by atoms with Gasteiger partial charge in [0.2, 0.25) is 5.12 Å². The summed E-state index contributed by atoms with van der Waals surface area (Å²) in [6, 6.07) is 10.2. The third-order valence-electron chi connectivity index (χ3n) is 3.78. The van der Waals surface area contributed by atoms with Gasteiger partial charge in [0.05, 0.1) is 0 Å². The fourth-order valence-corrected chi connectivity index (χ4v) is 4.23. The molecule has 0 bridgehead atoms. The summed E-state index contributed by atoms with van der Waals surface area (Å²) in [6.45, 7) is 2.15. The van der Waals surface area contributed by atoms with Crippen LogP contribution in [0.2, 0.25) is 0 Å². The van der Waals surface area contributed by atoms with Crippen LogP contribution >= 0.6 is 23.5 Å². The fraction of sp³-hybridized carbons (Fsp3) is 0.385. The Morgan fingerprint density at radius 3 is 2.65 bits per heavy atom. The summed E-state index contributed by atoms with van der Waals surface area (Å²) in [5, 5.41) is 0.216. The van der Waals surface area contributed by atoms with E-state index in [0.29, 0.717) is 0 Å². The van der Waals surface area contributed by atoms with E-state index in [1.54, 1.807) is 11.8 Å². The predicted octanol–water partition coefficient (Wildman–Crippen LogP) is 3.08. The van der Waals surface area contributed by atoms with Crippen molar-refractivity contribution in [1.29, 1.82) is 0 Å². The van der Waals surface area contributed by atoms with Crippen LogP contribution in [0.3, 0.4) is 0 Å². The first-order valence-corrected chi connectivity index (χ1v) is 7.58. The normalized spacial score (nSPS) is 35.2. The van der Waals surface area contributed by atoms with E-state index < -0.39 is 5.54 Å². The monoisotopic (exact) mass is 263 g/mol. The zero-order valence-corrected chi connectivity index (χ0v) is 11.4. The Labute approximate surface area is 109 Å². The average Bonchev–Trinajstić information content (AvgIpc) is 2.83. The Morgan fingerprint density at radius 1 is 1.35 bits per heavy atom. The lowest BCUT2D eigenvalue weighted by molar-refractivity contribution is -0.112. The van der Waals surface area contributed by atoms with Gasteiger partial charge >= 0.3 is 0 Å². The Kier molecular flexibility index (Phi) is 2.42. The maximum atomic E-state index is 12.2. The van der Waals surface area contributed by atoms with Crippen LogP contribution in [0.1, 0.15) is 18.9 Å². The molecule has 3 rings (SSSR count). The molecule has 4 heteroatoms. The second-order valence-electron chi connectivity index (χ2n) is 4.71. The van der Waals surface area contributed by atoms with Crippen molar-refractivity contribution in [3.8, 4) is 0 Å².